The molecular weight excluding hydrogens is 484 g/mol. The van der Waals surface area contributed by atoms with Gasteiger partial charge in [-0.25, -0.2) is 4.39 Å². The number of benzene rings is 4. The maximum atomic E-state index is 13.7. The van der Waals surface area contributed by atoms with Gasteiger partial charge >= 0.3 is 0 Å². The molecule has 4 nitrogen and oxygen atoms in total. The van der Waals surface area contributed by atoms with Crippen molar-refractivity contribution in [1.82, 2.24) is 4.90 Å². The van der Waals surface area contributed by atoms with Crippen molar-refractivity contribution in [3.05, 3.63) is 111 Å². The highest BCUT2D eigenvalue weighted by Gasteiger charge is 2.36. The van der Waals surface area contributed by atoms with E-state index in [2.05, 4.69) is 24.3 Å². The first-order chi connectivity index (χ1) is 17.0. The second-order valence-electron chi connectivity index (χ2n) is 8.85. The highest BCUT2D eigenvalue weighted by molar-refractivity contribution is 6.40. The second-order valence-corrected chi connectivity index (χ2v) is 9.70. The molecular formula is C28H20Cl2FN3O. The molecule has 1 unspecified atom stereocenters. The fourth-order valence-corrected chi connectivity index (χ4v) is 5.53. The lowest BCUT2D eigenvalue weighted by Gasteiger charge is -2.29. The smallest absolute Gasteiger partial charge is 0.270 e. The van der Waals surface area contributed by atoms with Crippen LogP contribution < -0.4 is 5.01 Å². The van der Waals surface area contributed by atoms with Crippen molar-refractivity contribution in [2.24, 2.45) is 5.10 Å². The van der Waals surface area contributed by atoms with Crippen LogP contribution in [0.3, 0.4) is 0 Å². The molecule has 4 aromatic carbocycles. The molecule has 7 heteroatoms. The van der Waals surface area contributed by atoms with E-state index in [-0.39, 0.29) is 17.8 Å². The number of rotatable bonds is 3. The standard InChI is InChI=1S/C28H20Cl2FN3O/c29-21-9-12-25(23(30)13-21)34-26(17-7-10-22(31)11-8-17)14-24(32-34)28(35)33-15-19-5-1-3-18-4-2-6-20(16-33)27(18)19/h1-13,26H,14-16H2. The summed E-state index contributed by atoms with van der Waals surface area (Å²) in [5, 5.41) is 9.85. The maximum absolute atomic E-state index is 13.7. The van der Waals surface area contributed by atoms with E-state index in [1.54, 1.807) is 35.3 Å². The summed E-state index contributed by atoms with van der Waals surface area (Å²) in [6, 6.07) is 23.5. The SMILES string of the molecule is O=C(C1=NN(c2ccc(Cl)cc2Cl)C(c2ccc(F)cc2)C1)N1Cc2cccc3cccc(c23)C1. The molecule has 1 amide bonds. The van der Waals surface area contributed by atoms with Crippen LogP contribution in [0.4, 0.5) is 10.1 Å². The minimum Gasteiger partial charge on any atom is -0.329 e. The van der Waals surface area contributed by atoms with Crippen LogP contribution in [-0.2, 0) is 17.9 Å². The Bertz CT molecular complexity index is 1460. The van der Waals surface area contributed by atoms with Crippen LogP contribution in [0.15, 0.2) is 84.0 Å². The summed E-state index contributed by atoms with van der Waals surface area (Å²) in [7, 11) is 0. The van der Waals surface area contributed by atoms with E-state index in [4.69, 9.17) is 28.3 Å². The average molecular weight is 504 g/mol. The minimum atomic E-state index is -0.318. The Hall–Kier alpha value is -3.41. The molecule has 0 saturated heterocycles. The first kappa shape index (κ1) is 22.1. The van der Waals surface area contributed by atoms with E-state index >= 15 is 0 Å². The van der Waals surface area contributed by atoms with Crippen LogP contribution >= 0.6 is 23.2 Å². The molecule has 1 atom stereocenters. The quantitative estimate of drug-likeness (QED) is 0.298. The number of nitrogens with zero attached hydrogens (tertiary/aromatic N) is 3. The number of amides is 1. The Morgan fingerprint density at radius 2 is 1.60 bits per heavy atom. The first-order valence-corrected chi connectivity index (χ1v) is 12.1. The van der Waals surface area contributed by atoms with Gasteiger partial charge in [-0.3, -0.25) is 9.80 Å². The van der Waals surface area contributed by atoms with Gasteiger partial charge in [0.15, 0.2) is 0 Å². The zero-order valence-corrected chi connectivity index (χ0v) is 20.1. The summed E-state index contributed by atoms with van der Waals surface area (Å²) in [5.41, 5.74) is 4.18. The summed E-state index contributed by atoms with van der Waals surface area (Å²) in [4.78, 5) is 15.6. The van der Waals surface area contributed by atoms with Gasteiger partial charge in [-0.2, -0.15) is 5.10 Å². The van der Waals surface area contributed by atoms with Crippen LogP contribution in [-0.4, -0.2) is 16.5 Å². The summed E-state index contributed by atoms with van der Waals surface area (Å²) in [6.45, 7) is 1.05. The van der Waals surface area contributed by atoms with E-state index in [0.29, 0.717) is 41.0 Å². The van der Waals surface area contributed by atoms with Gasteiger partial charge < -0.3 is 4.90 Å². The second kappa shape index (κ2) is 8.67. The molecule has 0 aliphatic carbocycles. The molecule has 0 aromatic heterocycles. The Morgan fingerprint density at radius 1 is 0.914 bits per heavy atom. The fraction of sp³-hybridized carbons (Fsp3) is 0.143. The summed E-state index contributed by atoms with van der Waals surface area (Å²) in [5.74, 6) is -0.433. The van der Waals surface area contributed by atoms with Crippen molar-refractivity contribution in [2.45, 2.75) is 25.6 Å². The lowest BCUT2D eigenvalue weighted by atomic mass is 9.94. The lowest BCUT2D eigenvalue weighted by molar-refractivity contribution is -0.125. The largest absolute Gasteiger partial charge is 0.329 e. The topological polar surface area (TPSA) is 35.9 Å². The zero-order chi connectivity index (χ0) is 24.1. The van der Waals surface area contributed by atoms with Gasteiger partial charge in [0, 0.05) is 24.5 Å². The number of hydrogen-bond acceptors (Lipinski definition) is 3. The normalized spacial score (nSPS) is 17.1. The molecule has 0 saturated carbocycles. The molecule has 0 spiro atoms. The summed E-state index contributed by atoms with van der Waals surface area (Å²) < 4.78 is 13.6. The van der Waals surface area contributed by atoms with Gasteiger partial charge in [0.1, 0.15) is 11.5 Å². The molecule has 4 aromatic rings. The van der Waals surface area contributed by atoms with Crippen LogP contribution in [0.2, 0.25) is 10.0 Å². The lowest BCUT2D eigenvalue weighted by Crippen LogP contribution is -2.37. The highest BCUT2D eigenvalue weighted by Crippen LogP contribution is 2.40. The van der Waals surface area contributed by atoms with Crippen LogP contribution in [0.5, 0.6) is 0 Å². The van der Waals surface area contributed by atoms with Gasteiger partial charge in [-0.15, -0.1) is 0 Å². The van der Waals surface area contributed by atoms with Crippen molar-refractivity contribution in [2.75, 3.05) is 5.01 Å². The van der Waals surface area contributed by atoms with E-state index < -0.39 is 0 Å². The van der Waals surface area contributed by atoms with Crippen molar-refractivity contribution in [1.29, 1.82) is 0 Å². The molecule has 0 fully saturated rings. The third-order valence-electron chi connectivity index (χ3n) is 6.66. The molecule has 6 rings (SSSR count). The molecule has 2 aliphatic heterocycles. The Labute approximate surface area is 212 Å². The fourth-order valence-electron chi connectivity index (χ4n) is 5.03. The highest BCUT2D eigenvalue weighted by atomic mass is 35.5. The third-order valence-corrected chi connectivity index (χ3v) is 7.19. The number of anilines is 1. The Kier molecular flexibility index (Phi) is 5.47. The molecule has 0 radical (unpaired) electrons. The average Bonchev–Trinajstić information content (AvgIpc) is 3.29. The van der Waals surface area contributed by atoms with Gasteiger partial charge in [0.2, 0.25) is 0 Å². The number of hydrazone groups is 1. The van der Waals surface area contributed by atoms with E-state index in [0.717, 1.165) is 16.7 Å². The molecule has 2 aliphatic rings. The number of carbonyl (C=O) groups excluding carboxylic acids is 1. The third kappa shape index (κ3) is 3.95. The van der Waals surface area contributed by atoms with Crippen molar-refractivity contribution in [3.8, 4) is 0 Å². The van der Waals surface area contributed by atoms with E-state index in [1.165, 1.54) is 22.9 Å². The van der Waals surface area contributed by atoms with Crippen LogP contribution in [0.1, 0.15) is 29.2 Å². The molecule has 2 heterocycles. The van der Waals surface area contributed by atoms with Crippen molar-refractivity contribution >= 4 is 51.3 Å². The minimum absolute atomic E-state index is 0.115. The van der Waals surface area contributed by atoms with E-state index in [1.807, 2.05) is 17.0 Å². The first-order valence-electron chi connectivity index (χ1n) is 11.3. The van der Waals surface area contributed by atoms with Crippen molar-refractivity contribution in [3.63, 3.8) is 0 Å². The molecule has 0 N–H and O–H groups in total. The van der Waals surface area contributed by atoms with Gasteiger partial charge in [0.05, 0.1) is 16.8 Å². The molecule has 0 bridgehead atoms. The molecule has 174 valence electrons. The molecule has 35 heavy (non-hydrogen) atoms. The Morgan fingerprint density at radius 3 is 2.26 bits per heavy atom. The number of halogens is 3. The summed E-state index contributed by atoms with van der Waals surface area (Å²) in [6.07, 6.45) is 0.381. The number of carbonyl (C=O) groups is 1. The zero-order valence-electron chi connectivity index (χ0n) is 18.6. The van der Waals surface area contributed by atoms with Gasteiger partial charge in [-0.1, -0.05) is 71.7 Å². The van der Waals surface area contributed by atoms with E-state index in [9.17, 15) is 9.18 Å². The Balaban J connectivity index is 1.36. The van der Waals surface area contributed by atoms with Crippen LogP contribution in [0, 0.1) is 5.82 Å². The predicted molar refractivity (Wildman–Crippen MR) is 138 cm³/mol. The van der Waals surface area contributed by atoms with Crippen LogP contribution in [0.25, 0.3) is 10.8 Å². The predicted octanol–water partition coefficient (Wildman–Crippen LogP) is 7.14. The monoisotopic (exact) mass is 503 g/mol. The summed E-state index contributed by atoms with van der Waals surface area (Å²) >= 11 is 12.6. The van der Waals surface area contributed by atoms with Crippen molar-refractivity contribution < 1.29 is 9.18 Å². The maximum Gasteiger partial charge on any atom is 0.270 e. The van der Waals surface area contributed by atoms with Gasteiger partial charge in [0.25, 0.3) is 5.91 Å². The number of hydrogen-bond donors (Lipinski definition) is 0. The van der Waals surface area contributed by atoms with Gasteiger partial charge in [-0.05, 0) is 57.8 Å².